The van der Waals surface area contributed by atoms with Crippen molar-refractivity contribution in [3.63, 3.8) is 0 Å². The highest BCUT2D eigenvalue weighted by atomic mass is 16.3. The van der Waals surface area contributed by atoms with Crippen LogP contribution >= 0.6 is 0 Å². The van der Waals surface area contributed by atoms with E-state index in [-0.39, 0.29) is 6.61 Å². The molecule has 0 saturated carbocycles. The molecule has 2 unspecified atom stereocenters. The summed E-state index contributed by atoms with van der Waals surface area (Å²) in [5, 5.41) is 13.3. The van der Waals surface area contributed by atoms with E-state index in [0.29, 0.717) is 6.04 Å². The normalized spacial score (nSPS) is 22.6. The van der Waals surface area contributed by atoms with Crippen molar-refractivity contribution in [2.45, 2.75) is 24.4 Å². The van der Waals surface area contributed by atoms with Crippen LogP contribution in [0, 0.1) is 0 Å². The van der Waals surface area contributed by atoms with Crippen LogP contribution in [-0.2, 0) is 5.54 Å². The third kappa shape index (κ3) is 3.83. The molecule has 2 N–H and O–H groups in total. The number of hydrogen-bond donors (Lipinski definition) is 2. The van der Waals surface area contributed by atoms with Gasteiger partial charge in [-0.3, -0.25) is 0 Å². The van der Waals surface area contributed by atoms with Gasteiger partial charge >= 0.3 is 0 Å². The molecule has 0 amide bonds. The van der Waals surface area contributed by atoms with Gasteiger partial charge in [0.1, 0.15) is 0 Å². The highest BCUT2D eigenvalue weighted by Gasteiger charge is 2.32. The maximum atomic E-state index is 9.99. The van der Waals surface area contributed by atoms with Gasteiger partial charge in [0.15, 0.2) is 0 Å². The molecular weight excluding hydrogens is 262 g/mol. The van der Waals surface area contributed by atoms with Crippen LogP contribution in [0.4, 0.5) is 0 Å². The molecule has 4 heteroatoms. The van der Waals surface area contributed by atoms with Crippen LogP contribution < -0.4 is 5.32 Å². The third-order valence-electron chi connectivity index (χ3n) is 4.81. The zero-order valence-electron chi connectivity index (χ0n) is 13.5. The highest BCUT2D eigenvalue weighted by molar-refractivity contribution is 5.25. The zero-order valence-corrected chi connectivity index (χ0v) is 13.5. The topological polar surface area (TPSA) is 38.7 Å². The van der Waals surface area contributed by atoms with E-state index in [1.807, 2.05) is 25.2 Å². The summed E-state index contributed by atoms with van der Waals surface area (Å²) in [7, 11) is 6.29. The third-order valence-corrected chi connectivity index (χ3v) is 4.81. The summed E-state index contributed by atoms with van der Waals surface area (Å²) in [6.45, 7) is 3.15. The monoisotopic (exact) mass is 291 g/mol. The van der Waals surface area contributed by atoms with E-state index < -0.39 is 5.54 Å². The Morgan fingerprint density at radius 3 is 2.62 bits per heavy atom. The predicted molar refractivity (Wildman–Crippen MR) is 87.4 cm³/mol. The molecule has 1 aliphatic heterocycles. The first kappa shape index (κ1) is 16.4. The minimum absolute atomic E-state index is 0.0956. The molecule has 1 aromatic carbocycles. The molecule has 2 rings (SSSR count). The second-order valence-electron chi connectivity index (χ2n) is 6.33. The van der Waals surface area contributed by atoms with Crippen LogP contribution in [0.5, 0.6) is 0 Å². The molecule has 0 bridgehead atoms. The number of aliphatic hydroxyl groups is 1. The average Bonchev–Trinajstić information content (AvgIpc) is 2.91. The number of likely N-dealkylation sites (N-methyl/N-ethyl adjacent to an activating group) is 3. The van der Waals surface area contributed by atoms with Crippen molar-refractivity contribution >= 4 is 0 Å². The van der Waals surface area contributed by atoms with Gasteiger partial charge in [-0.25, -0.2) is 0 Å². The van der Waals surface area contributed by atoms with Gasteiger partial charge < -0.3 is 20.2 Å². The molecule has 0 aliphatic carbocycles. The smallest absolute Gasteiger partial charge is 0.0795 e. The maximum absolute atomic E-state index is 9.99. The minimum Gasteiger partial charge on any atom is -0.394 e. The van der Waals surface area contributed by atoms with Gasteiger partial charge in [0.05, 0.1) is 12.1 Å². The van der Waals surface area contributed by atoms with Crippen molar-refractivity contribution < 1.29 is 5.11 Å². The highest BCUT2D eigenvalue weighted by Crippen LogP contribution is 2.23. The molecule has 0 aromatic heterocycles. The lowest BCUT2D eigenvalue weighted by Gasteiger charge is -2.37. The second kappa shape index (κ2) is 7.36. The first-order valence-electron chi connectivity index (χ1n) is 7.85. The molecule has 0 spiro atoms. The molecular formula is C17H29N3O. The number of benzene rings is 1. The fourth-order valence-corrected chi connectivity index (χ4v) is 3.39. The van der Waals surface area contributed by atoms with Gasteiger partial charge in [-0.15, -0.1) is 0 Å². The number of aliphatic hydroxyl groups excluding tert-OH is 1. The van der Waals surface area contributed by atoms with Crippen molar-refractivity contribution in [3.05, 3.63) is 35.9 Å². The van der Waals surface area contributed by atoms with E-state index >= 15 is 0 Å². The quantitative estimate of drug-likeness (QED) is 0.790. The summed E-state index contributed by atoms with van der Waals surface area (Å²) >= 11 is 0. The van der Waals surface area contributed by atoms with E-state index in [4.69, 9.17) is 0 Å². The van der Waals surface area contributed by atoms with Crippen molar-refractivity contribution in [1.29, 1.82) is 0 Å². The van der Waals surface area contributed by atoms with Gasteiger partial charge in [0.25, 0.3) is 0 Å². The zero-order chi connectivity index (χ0) is 15.3. The van der Waals surface area contributed by atoms with E-state index in [9.17, 15) is 5.11 Å². The molecule has 4 nitrogen and oxygen atoms in total. The Bertz CT molecular complexity index is 419. The van der Waals surface area contributed by atoms with Crippen molar-refractivity contribution in [1.82, 2.24) is 15.1 Å². The molecule has 21 heavy (non-hydrogen) atoms. The molecule has 1 aliphatic rings. The Balaban J connectivity index is 2.05. The van der Waals surface area contributed by atoms with Crippen LogP contribution in [0.2, 0.25) is 0 Å². The lowest BCUT2D eigenvalue weighted by atomic mass is 9.90. The standard InChI is InChI=1S/C17H29N3O/c1-18-17(14-21,15-8-5-4-6-9-15)13-19(2)12-16-10-7-11-20(16)3/h4-6,8-9,16,18,21H,7,10-14H2,1-3H3. The molecule has 1 aromatic rings. The van der Waals surface area contributed by atoms with Crippen LogP contribution in [0.25, 0.3) is 0 Å². The van der Waals surface area contributed by atoms with Crippen LogP contribution in [-0.4, -0.2) is 68.3 Å². The molecule has 1 saturated heterocycles. The second-order valence-corrected chi connectivity index (χ2v) is 6.33. The molecule has 1 fully saturated rings. The summed E-state index contributed by atoms with van der Waals surface area (Å²) in [4.78, 5) is 4.78. The van der Waals surface area contributed by atoms with Gasteiger partial charge in [0.2, 0.25) is 0 Å². The Hall–Kier alpha value is -0.940. The average molecular weight is 291 g/mol. The molecule has 2 atom stereocenters. The molecule has 118 valence electrons. The Morgan fingerprint density at radius 1 is 1.38 bits per heavy atom. The Labute approximate surface area is 128 Å². The van der Waals surface area contributed by atoms with E-state index in [0.717, 1.165) is 18.7 Å². The first-order chi connectivity index (χ1) is 10.1. The minimum atomic E-state index is -0.396. The predicted octanol–water partition coefficient (Wildman–Crippen LogP) is 1.12. The van der Waals surface area contributed by atoms with Crippen molar-refractivity contribution in [2.75, 3.05) is 47.4 Å². The number of nitrogens with one attached hydrogen (secondary N) is 1. The van der Waals surface area contributed by atoms with Gasteiger partial charge in [-0.1, -0.05) is 30.3 Å². The summed E-state index contributed by atoms with van der Waals surface area (Å²) in [6, 6.07) is 10.9. The van der Waals surface area contributed by atoms with Crippen LogP contribution in [0.1, 0.15) is 18.4 Å². The fourth-order valence-electron chi connectivity index (χ4n) is 3.39. The number of rotatable bonds is 7. The number of nitrogens with zero attached hydrogens (tertiary/aromatic N) is 2. The van der Waals surface area contributed by atoms with E-state index in [2.05, 4.69) is 41.3 Å². The molecule has 0 radical (unpaired) electrons. The van der Waals surface area contributed by atoms with Gasteiger partial charge in [-0.2, -0.15) is 0 Å². The summed E-state index contributed by atoms with van der Waals surface area (Å²) in [6.07, 6.45) is 2.57. The Morgan fingerprint density at radius 2 is 2.10 bits per heavy atom. The molecule has 1 heterocycles. The lowest BCUT2D eigenvalue weighted by molar-refractivity contribution is 0.112. The van der Waals surface area contributed by atoms with Crippen molar-refractivity contribution in [2.24, 2.45) is 0 Å². The van der Waals surface area contributed by atoms with Crippen LogP contribution in [0.3, 0.4) is 0 Å². The summed E-state index contributed by atoms with van der Waals surface area (Å²) in [5.74, 6) is 0. The van der Waals surface area contributed by atoms with E-state index in [1.54, 1.807) is 0 Å². The number of hydrogen-bond acceptors (Lipinski definition) is 4. The van der Waals surface area contributed by atoms with Gasteiger partial charge in [0, 0.05) is 19.1 Å². The fraction of sp³-hybridized carbons (Fsp3) is 0.647. The largest absolute Gasteiger partial charge is 0.394 e. The van der Waals surface area contributed by atoms with Gasteiger partial charge in [-0.05, 0) is 46.1 Å². The van der Waals surface area contributed by atoms with Crippen LogP contribution in [0.15, 0.2) is 30.3 Å². The number of likely N-dealkylation sites (tertiary alicyclic amines) is 1. The lowest BCUT2D eigenvalue weighted by Crippen LogP contribution is -2.53. The Kier molecular flexibility index (Phi) is 5.76. The SMILES string of the molecule is CNC(CO)(CN(C)CC1CCCN1C)c1ccccc1. The summed E-state index contributed by atoms with van der Waals surface area (Å²) in [5.41, 5.74) is 0.745. The first-order valence-corrected chi connectivity index (χ1v) is 7.85. The maximum Gasteiger partial charge on any atom is 0.0795 e. The van der Waals surface area contributed by atoms with E-state index in [1.165, 1.54) is 19.4 Å². The summed E-state index contributed by atoms with van der Waals surface area (Å²) < 4.78 is 0. The van der Waals surface area contributed by atoms with Crippen molar-refractivity contribution in [3.8, 4) is 0 Å².